The first kappa shape index (κ1) is 38.7. The molecule has 5 rings (SSSR count). The summed E-state index contributed by atoms with van der Waals surface area (Å²) in [5, 5.41) is 12.1. The van der Waals surface area contributed by atoms with Crippen LogP contribution in [0.3, 0.4) is 0 Å². The first-order chi connectivity index (χ1) is 24.3. The average molecular weight is 707 g/mol. The van der Waals surface area contributed by atoms with Gasteiger partial charge in [-0.25, -0.2) is 0 Å². The normalized spacial score (nSPS) is 13.5. The highest BCUT2D eigenvalue weighted by Crippen LogP contribution is 2.33. The summed E-state index contributed by atoms with van der Waals surface area (Å²) in [4.78, 5) is 31.3. The van der Waals surface area contributed by atoms with Crippen molar-refractivity contribution in [1.82, 2.24) is 9.80 Å². The molecular formula is C39H45F3N4O5. The van der Waals surface area contributed by atoms with E-state index >= 15 is 0 Å². The van der Waals surface area contributed by atoms with Gasteiger partial charge in [0.05, 0.1) is 49.6 Å². The van der Waals surface area contributed by atoms with Crippen LogP contribution >= 0.6 is 0 Å². The highest BCUT2D eigenvalue weighted by Gasteiger charge is 2.30. The minimum absolute atomic E-state index is 0.135. The lowest BCUT2D eigenvalue weighted by Gasteiger charge is -2.31. The Morgan fingerprint density at radius 1 is 0.941 bits per heavy atom. The van der Waals surface area contributed by atoms with Crippen molar-refractivity contribution < 1.29 is 37.3 Å². The van der Waals surface area contributed by atoms with E-state index in [4.69, 9.17) is 9.47 Å². The standard InChI is InChI=1S/C22H23F3N2O4.C17H22N2O/c1-14(13-28)27-10-3-11-31-20-17(21(27)30)4-2-5-18(20)26-19(29)12-15-6-8-16(9-7-15)22(23,24)25;1-18(2)13-14-5-7-15(8-6-14)19(3)16-9-11-17(20-4)12-10-16/h2,4-9,14,28H,3,10-13H2,1H3,(H,26,29);5-12H,13H2,1-4H3/t14-;/m0./s1. The maximum atomic E-state index is 13.0. The van der Waals surface area contributed by atoms with Crippen LogP contribution in [0.25, 0.3) is 0 Å². The number of anilines is 3. The number of nitrogens with zero attached hydrogens (tertiary/aromatic N) is 3. The quantitative estimate of drug-likeness (QED) is 0.183. The number of fused-ring (bicyclic) bond motifs is 1. The number of alkyl halides is 3. The lowest BCUT2D eigenvalue weighted by atomic mass is 10.1. The van der Waals surface area contributed by atoms with Crippen LogP contribution in [0.5, 0.6) is 11.5 Å². The second-order valence-electron chi connectivity index (χ2n) is 12.5. The molecule has 12 heteroatoms. The molecule has 0 aromatic heterocycles. The van der Waals surface area contributed by atoms with E-state index in [0.29, 0.717) is 30.8 Å². The van der Waals surface area contributed by atoms with Crippen LogP contribution in [0, 0.1) is 0 Å². The van der Waals surface area contributed by atoms with Crippen molar-refractivity contribution in [2.45, 2.75) is 38.5 Å². The van der Waals surface area contributed by atoms with Gasteiger partial charge in [-0.2, -0.15) is 13.2 Å². The number of halogens is 3. The minimum atomic E-state index is -4.44. The van der Waals surface area contributed by atoms with Gasteiger partial charge in [0.15, 0.2) is 5.75 Å². The van der Waals surface area contributed by atoms with Crippen LogP contribution < -0.4 is 19.7 Å². The van der Waals surface area contributed by atoms with Crippen LogP contribution in [0.4, 0.5) is 30.2 Å². The highest BCUT2D eigenvalue weighted by molar-refractivity contribution is 6.01. The topological polar surface area (TPSA) is 94.6 Å². The SMILES string of the molecule is COc1ccc(N(C)c2ccc(CN(C)C)cc2)cc1.C[C@@H](CO)N1CCCOc2c(NC(=O)Cc3ccc(C(F)(F)F)cc3)cccc2C1=O. The van der Waals surface area contributed by atoms with Gasteiger partial charge in [-0.15, -0.1) is 0 Å². The zero-order valence-electron chi connectivity index (χ0n) is 29.5. The van der Waals surface area contributed by atoms with E-state index in [-0.39, 0.29) is 36.3 Å². The van der Waals surface area contributed by atoms with E-state index in [2.05, 4.69) is 72.7 Å². The number of hydrogen-bond acceptors (Lipinski definition) is 7. The third kappa shape index (κ3) is 10.7. The number of carbonyl (C=O) groups is 2. The number of carbonyl (C=O) groups excluding carboxylic acids is 2. The molecule has 2 N–H and O–H groups in total. The summed E-state index contributed by atoms with van der Waals surface area (Å²) in [6.45, 7) is 3.29. The molecule has 2 amide bonds. The molecule has 0 bridgehead atoms. The molecule has 0 unspecified atom stereocenters. The maximum Gasteiger partial charge on any atom is 0.416 e. The van der Waals surface area contributed by atoms with Crippen molar-refractivity contribution in [3.05, 3.63) is 113 Å². The Balaban J connectivity index is 0.000000251. The smallest absolute Gasteiger partial charge is 0.416 e. The van der Waals surface area contributed by atoms with Crippen LogP contribution in [0.15, 0.2) is 91.0 Å². The lowest BCUT2D eigenvalue weighted by molar-refractivity contribution is -0.137. The summed E-state index contributed by atoms with van der Waals surface area (Å²) >= 11 is 0. The van der Waals surface area contributed by atoms with Gasteiger partial charge in [0.25, 0.3) is 5.91 Å². The molecule has 0 saturated carbocycles. The van der Waals surface area contributed by atoms with Gasteiger partial charge in [0.1, 0.15) is 5.75 Å². The van der Waals surface area contributed by atoms with E-state index in [0.717, 1.165) is 30.1 Å². The zero-order valence-corrected chi connectivity index (χ0v) is 29.5. The molecular weight excluding hydrogens is 661 g/mol. The van der Waals surface area contributed by atoms with E-state index in [9.17, 15) is 27.9 Å². The molecule has 4 aromatic carbocycles. The van der Waals surface area contributed by atoms with Crippen LogP contribution in [0.2, 0.25) is 0 Å². The van der Waals surface area contributed by atoms with E-state index in [1.165, 1.54) is 23.4 Å². The largest absolute Gasteiger partial charge is 0.497 e. The number of aliphatic hydroxyl groups is 1. The highest BCUT2D eigenvalue weighted by atomic mass is 19.4. The molecule has 51 heavy (non-hydrogen) atoms. The fraction of sp³-hybridized carbons (Fsp3) is 0.333. The van der Waals surface area contributed by atoms with Crippen molar-refractivity contribution in [1.29, 1.82) is 0 Å². The van der Waals surface area contributed by atoms with Crippen LogP contribution in [0.1, 0.15) is 40.4 Å². The maximum absolute atomic E-state index is 13.0. The molecule has 0 fully saturated rings. The third-order valence-corrected chi connectivity index (χ3v) is 8.29. The van der Waals surface area contributed by atoms with Crippen molar-refractivity contribution in [3.8, 4) is 11.5 Å². The van der Waals surface area contributed by atoms with Crippen LogP contribution in [-0.4, -0.2) is 80.8 Å². The van der Waals surface area contributed by atoms with Gasteiger partial charge in [0.2, 0.25) is 5.91 Å². The first-order valence-corrected chi connectivity index (χ1v) is 16.6. The Hall–Kier alpha value is -5.07. The number of hydrogen-bond donors (Lipinski definition) is 2. The van der Waals surface area contributed by atoms with Crippen molar-refractivity contribution >= 4 is 28.9 Å². The Bertz CT molecular complexity index is 1730. The van der Waals surface area contributed by atoms with E-state index in [1.54, 1.807) is 37.1 Å². The van der Waals surface area contributed by atoms with Gasteiger partial charge < -0.3 is 34.6 Å². The van der Waals surface area contributed by atoms with Gasteiger partial charge >= 0.3 is 6.18 Å². The number of amides is 2. The summed E-state index contributed by atoms with van der Waals surface area (Å²) < 4.78 is 49.0. The van der Waals surface area contributed by atoms with E-state index < -0.39 is 17.6 Å². The fourth-order valence-electron chi connectivity index (χ4n) is 5.48. The summed E-state index contributed by atoms with van der Waals surface area (Å²) in [7, 11) is 7.92. The van der Waals surface area contributed by atoms with Gasteiger partial charge in [-0.1, -0.05) is 30.3 Å². The fourth-order valence-corrected chi connectivity index (χ4v) is 5.48. The number of nitrogens with one attached hydrogen (secondary N) is 1. The lowest BCUT2D eigenvalue weighted by Crippen LogP contribution is -2.42. The molecule has 0 aliphatic carbocycles. The summed E-state index contributed by atoms with van der Waals surface area (Å²) in [5.74, 6) is 0.355. The second kappa shape index (κ2) is 17.7. The predicted molar refractivity (Wildman–Crippen MR) is 193 cm³/mol. The van der Waals surface area contributed by atoms with Gasteiger partial charge in [-0.3, -0.25) is 9.59 Å². The van der Waals surface area contributed by atoms with Crippen molar-refractivity contribution in [2.75, 3.05) is 58.2 Å². The van der Waals surface area contributed by atoms with Crippen molar-refractivity contribution in [3.63, 3.8) is 0 Å². The molecule has 1 aliphatic heterocycles. The average Bonchev–Trinajstić information content (AvgIpc) is 3.10. The molecule has 1 heterocycles. The Labute approximate surface area is 297 Å². The molecule has 0 saturated heterocycles. The van der Waals surface area contributed by atoms with E-state index in [1.807, 2.05) is 12.1 Å². The Morgan fingerprint density at radius 3 is 2.12 bits per heavy atom. The summed E-state index contributed by atoms with van der Waals surface area (Å²) in [6, 6.07) is 25.5. The number of methoxy groups -OCH3 is 1. The first-order valence-electron chi connectivity index (χ1n) is 16.6. The Kier molecular flexibility index (Phi) is 13.5. The van der Waals surface area contributed by atoms with Gasteiger partial charge in [-0.05, 0) is 99.2 Å². The molecule has 9 nitrogen and oxygen atoms in total. The number of ether oxygens (including phenoxy) is 2. The Morgan fingerprint density at radius 2 is 1.55 bits per heavy atom. The molecule has 1 aliphatic rings. The summed E-state index contributed by atoms with van der Waals surface area (Å²) in [5.41, 5.74) is 3.86. The molecule has 0 radical (unpaired) electrons. The van der Waals surface area contributed by atoms with Crippen molar-refractivity contribution in [2.24, 2.45) is 0 Å². The molecule has 272 valence electrons. The second-order valence-corrected chi connectivity index (χ2v) is 12.5. The number of benzene rings is 4. The number of aliphatic hydroxyl groups excluding tert-OH is 1. The minimum Gasteiger partial charge on any atom is -0.497 e. The summed E-state index contributed by atoms with van der Waals surface area (Å²) in [6.07, 6.45) is -4.01. The monoisotopic (exact) mass is 706 g/mol. The number of para-hydroxylation sites is 1. The molecule has 4 aromatic rings. The molecule has 1 atom stereocenters. The number of rotatable bonds is 10. The van der Waals surface area contributed by atoms with Gasteiger partial charge in [0, 0.05) is 31.5 Å². The zero-order chi connectivity index (χ0) is 37.1. The predicted octanol–water partition coefficient (Wildman–Crippen LogP) is 7.02. The molecule has 0 spiro atoms. The third-order valence-electron chi connectivity index (χ3n) is 8.29. The van der Waals surface area contributed by atoms with Crippen LogP contribution in [-0.2, 0) is 23.9 Å².